The summed E-state index contributed by atoms with van der Waals surface area (Å²) in [4.78, 5) is 0. The molecule has 0 spiro atoms. The molecule has 0 rings (SSSR count). The zero-order valence-electron chi connectivity index (χ0n) is 14.6. The predicted octanol–water partition coefficient (Wildman–Crippen LogP) is 7.44. The Kier molecular flexibility index (Phi) is 203000. The topological polar surface area (TPSA) is 0 Å². The first-order valence-electron chi connectivity index (χ1n) is 4.00. The molecular formula is C15H46Cu2+4. The minimum Gasteiger partial charge on any atom is -0.358 e. The molecule has 17 heavy (non-hydrogen) atoms. The van der Waals surface area contributed by atoms with Gasteiger partial charge in [0, 0.05) is 29.7 Å². The first-order valence-corrected chi connectivity index (χ1v) is 4.00. The van der Waals surface area contributed by atoms with E-state index < -0.39 is 0 Å². The molecule has 0 saturated carbocycles. The van der Waals surface area contributed by atoms with Gasteiger partial charge in [0.2, 0.25) is 0 Å². The minimum absolute atomic E-state index is 0. The average molecular weight is 354 g/mol. The van der Waals surface area contributed by atoms with Crippen LogP contribution in [0.25, 0.3) is 0 Å². The van der Waals surface area contributed by atoms with Crippen LogP contribution in [0.4, 0.5) is 0 Å². The molecule has 0 aliphatic heterocycles. The van der Waals surface area contributed by atoms with Crippen molar-refractivity contribution in [2.24, 2.45) is 0 Å². The number of hydrogen-bond acceptors (Lipinski definition) is 0. The van der Waals surface area contributed by atoms with Gasteiger partial charge in [0.05, 0.1) is 0 Å². The molecule has 0 aromatic rings. The summed E-state index contributed by atoms with van der Waals surface area (Å²) in [5.74, 6) is 0. The van der Waals surface area contributed by atoms with Crippen LogP contribution in [0.15, 0.2) is 0 Å². The number of rotatable bonds is 0. The molecule has 0 nitrogen and oxygen atoms in total. The Labute approximate surface area is 141 Å². The van der Waals surface area contributed by atoms with Crippen molar-refractivity contribution in [3.8, 4) is 0 Å². The maximum atomic E-state index is 2.00. The summed E-state index contributed by atoms with van der Waals surface area (Å²) in [7, 11) is 0. The molecule has 2 heteroatoms. The maximum Gasteiger partial charge on any atom is 1.00 e. The van der Waals surface area contributed by atoms with E-state index in [-0.39, 0.29) is 86.1 Å². The molecule has 0 heterocycles. The normalized spacial score (nSPS) is 1.41. The largest absolute Gasteiger partial charge is 1.00 e. The van der Waals surface area contributed by atoms with Crippen molar-refractivity contribution >= 4 is 0 Å². The van der Waals surface area contributed by atoms with Crippen molar-refractivity contribution in [3.63, 3.8) is 0 Å². The fourth-order valence-corrected chi connectivity index (χ4v) is 0. The number of hydrogen-bond donors (Lipinski definition) is 0. The van der Waals surface area contributed by atoms with Gasteiger partial charge in [-0.2, -0.15) is 0 Å². The summed E-state index contributed by atoms with van der Waals surface area (Å²) in [6, 6.07) is 0. The summed E-state index contributed by atoms with van der Waals surface area (Å²) in [6.45, 7) is 16.0. The summed E-state index contributed by atoms with van der Waals surface area (Å²) < 4.78 is 0. The zero-order chi connectivity index (χ0) is 8.00. The molecule has 0 aromatic carbocycles. The van der Waals surface area contributed by atoms with E-state index in [1.54, 1.807) is 0 Å². The zero-order valence-corrected chi connectivity index (χ0v) is 16.5. The van der Waals surface area contributed by atoms with Crippen LogP contribution in [0, 0.1) is 44.6 Å². The SMILES string of the molecule is C.CC.CC.CC.CC.[CH3+].[CH3+].[CH3+].[CH3+].[CH3-].[CH3-].[Cu+].[Cu+]. The molecule has 0 aliphatic carbocycles. The summed E-state index contributed by atoms with van der Waals surface area (Å²) >= 11 is 0. The first kappa shape index (κ1) is 234. The minimum atomic E-state index is 0. The van der Waals surface area contributed by atoms with E-state index in [2.05, 4.69) is 0 Å². The van der Waals surface area contributed by atoms with Crippen molar-refractivity contribution < 1.29 is 34.1 Å². The van der Waals surface area contributed by atoms with Crippen LogP contribution in [0.3, 0.4) is 0 Å². The van der Waals surface area contributed by atoms with E-state index >= 15 is 0 Å². The van der Waals surface area contributed by atoms with Gasteiger partial charge in [-0.25, -0.2) is 0 Å². The van der Waals surface area contributed by atoms with Crippen LogP contribution in [-0.4, -0.2) is 0 Å². The van der Waals surface area contributed by atoms with Gasteiger partial charge in [-0.15, -0.1) is 0 Å². The molecule has 0 unspecified atom stereocenters. The Morgan fingerprint density at radius 2 is 0.353 bits per heavy atom. The second kappa shape index (κ2) is 14800. The van der Waals surface area contributed by atoms with E-state index in [1.165, 1.54) is 0 Å². The third kappa shape index (κ3) is 12900. The van der Waals surface area contributed by atoms with Crippen LogP contribution in [0.1, 0.15) is 62.8 Å². The second-order valence-corrected chi connectivity index (χ2v) is 0. The van der Waals surface area contributed by atoms with Crippen molar-refractivity contribution in [1.82, 2.24) is 0 Å². The molecule has 0 aromatic heterocycles. The fraction of sp³-hybridized carbons (Fsp3) is 0.600. The molecule has 0 bridgehead atoms. The third-order valence-electron chi connectivity index (χ3n) is 0. The molecular weight excluding hydrogens is 307 g/mol. The molecule has 0 aliphatic rings. The molecule has 0 amide bonds. The molecule has 0 radical (unpaired) electrons. The Bertz CT molecular complexity index is 8.88. The van der Waals surface area contributed by atoms with E-state index in [0.29, 0.717) is 0 Å². The standard InChI is InChI=1S/4C2H6.CH4.6CH3.2Cu/c4*1-2;;;;;;;;;/h4*1-2H3;1H4;6*1H3;;/q;;;;;2*-1;6*+1. The Hall–Kier alpha value is 0.519. The maximum absolute atomic E-state index is 2.00. The van der Waals surface area contributed by atoms with Crippen LogP contribution in [0.5, 0.6) is 0 Å². The van der Waals surface area contributed by atoms with E-state index in [1.807, 2.05) is 55.4 Å². The first-order chi connectivity index (χ1) is 4.00. The van der Waals surface area contributed by atoms with Gasteiger partial charge >= 0.3 is 34.1 Å². The fourth-order valence-electron chi connectivity index (χ4n) is 0. The van der Waals surface area contributed by atoms with Crippen molar-refractivity contribution in [1.29, 1.82) is 0 Å². The monoisotopic (exact) mass is 352 g/mol. The Morgan fingerprint density at radius 3 is 0.353 bits per heavy atom. The van der Waals surface area contributed by atoms with Crippen molar-refractivity contribution in [2.75, 3.05) is 0 Å². The Balaban J connectivity index is -0.000000000970. The van der Waals surface area contributed by atoms with Crippen LogP contribution >= 0.6 is 0 Å². The molecule has 0 fully saturated rings. The summed E-state index contributed by atoms with van der Waals surface area (Å²) in [6.07, 6.45) is 0. The van der Waals surface area contributed by atoms with Crippen LogP contribution in [0.2, 0.25) is 0 Å². The quantitative estimate of drug-likeness (QED) is 0.313. The molecule has 124 valence electrons. The van der Waals surface area contributed by atoms with Gasteiger partial charge in [-0.3, -0.25) is 0 Å². The summed E-state index contributed by atoms with van der Waals surface area (Å²) in [5.41, 5.74) is 0. The summed E-state index contributed by atoms with van der Waals surface area (Å²) in [5, 5.41) is 0. The van der Waals surface area contributed by atoms with E-state index in [0.717, 1.165) is 0 Å². The smallest absolute Gasteiger partial charge is 0.358 e. The van der Waals surface area contributed by atoms with Gasteiger partial charge in [0.25, 0.3) is 0 Å². The van der Waals surface area contributed by atoms with Gasteiger partial charge in [0.1, 0.15) is 0 Å². The molecule has 0 saturated heterocycles. The van der Waals surface area contributed by atoms with Crippen LogP contribution < -0.4 is 0 Å². The predicted molar refractivity (Wildman–Crippen MR) is 90.6 cm³/mol. The van der Waals surface area contributed by atoms with Gasteiger partial charge in [-0.05, 0) is 0 Å². The van der Waals surface area contributed by atoms with Gasteiger partial charge < -0.3 is 14.9 Å². The van der Waals surface area contributed by atoms with Crippen molar-refractivity contribution in [3.05, 3.63) is 44.6 Å². The van der Waals surface area contributed by atoms with E-state index in [4.69, 9.17) is 0 Å². The van der Waals surface area contributed by atoms with Gasteiger partial charge in [-0.1, -0.05) is 62.8 Å². The second-order valence-electron chi connectivity index (χ2n) is 0. The van der Waals surface area contributed by atoms with Crippen LogP contribution in [-0.2, 0) is 34.1 Å². The van der Waals surface area contributed by atoms with Crippen molar-refractivity contribution in [2.45, 2.75) is 62.8 Å². The van der Waals surface area contributed by atoms with Gasteiger partial charge in [0.15, 0.2) is 0 Å². The molecule has 0 atom stereocenters. The third-order valence-corrected chi connectivity index (χ3v) is 0. The molecule has 0 N–H and O–H groups in total. The van der Waals surface area contributed by atoms with E-state index in [9.17, 15) is 0 Å². The Morgan fingerprint density at radius 1 is 0.353 bits per heavy atom. The average Bonchev–Trinajstić information content (AvgIpc) is 2.03.